The fourth-order valence-electron chi connectivity index (χ4n) is 2.00. The summed E-state index contributed by atoms with van der Waals surface area (Å²) in [6, 6.07) is 0. The van der Waals surface area contributed by atoms with Gasteiger partial charge in [-0.05, 0) is 38.0 Å². The van der Waals surface area contributed by atoms with E-state index in [4.69, 9.17) is 10.5 Å². The van der Waals surface area contributed by atoms with Crippen LogP contribution in [-0.4, -0.2) is 35.6 Å². The molecule has 1 aromatic heterocycles. The summed E-state index contributed by atoms with van der Waals surface area (Å²) in [6.45, 7) is 3.57. The first-order valence-electron chi connectivity index (χ1n) is 8.96. The number of rotatable bonds is 10. The molecule has 0 unspecified atom stereocenters. The van der Waals surface area contributed by atoms with Crippen LogP contribution < -0.4 is 15.8 Å². The van der Waals surface area contributed by atoms with Gasteiger partial charge in [0.15, 0.2) is 12.4 Å². The zero-order valence-electron chi connectivity index (χ0n) is 17.2. The molecule has 30 heavy (non-hydrogen) atoms. The van der Waals surface area contributed by atoms with Gasteiger partial charge in [-0.1, -0.05) is 19.1 Å². The number of halogens is 3. The average molecular weight is 426 g/mol. The van der Waals surface area contributed by atoms with E-state index in [1.165, 1.54) is 20.2 Å². The molecule has 0 radical (unpaired) electrons. The number of carbonyl (C=O) groups is 1. The van der Waals surface area contributed by atoms with E-state index in [0.717, 1.165) is 12.6 Å². The second kappa shape index (κ2) is 11.6. The van der Waals surface area contributed by atoms with Crippen LogP contribution in [0.3, 0.4) is 0 Å². The lowest BCUT2D eigenvalue weighted by Gasteiger charge is -2.13. The van der Waals surface area contributed by atoms with Crippen LogP contribution in [0.15, 0.2) is 59.4 Å². The van der Waals surface area contributed by atoms with E-state index < -0.39 is 18.6 Å². The van der Waals surface area contributed by atoms with Gasteiger partial charge in [0.1, 0.15) is 11.5 Å². The van der Waals surface area contributed by atoms with Gasteiger partial charge in [0.2, 0.25) is 11.7 Å². The maximum Gasteiger partial charge on any atom is 0.422 e. The van der Waals surface area contributed by atoms with Gasteiger partial charge < -0.3 is 20.5 Å². The molecule has 0 spiro atoms. The maximum atomic E-state index is 12.8. The first-order chi connectivity index (χ1) is 14.1. The Morgan fingerprint density at radius 2 is 1.97 bits per heavy atom. The number of nitrogens with zero attached hydrogens (tertiary/aromatic N) is 2. The van der Waals surface area contributed by atoms with Crippen LogP contribution in [-0.2, 0) is 9.53 Å². The fraction of sp³-hybridized carbons (Fsp3) is 0.350. The second-order valence-electron chi connectivity index (χ2n) is 6.09. The van der Waals surface area contributed by atoms with Crippen molar-refractivity contribution in [2.24, 2.45) is 5.73 Å². The molecule has 0 atom stereocenters. The normalized spacial score (nSPS) is 13.8. The van der Waals surface area contributed by atoms with Gasteiger partial charge >= 0.3 is 6.18 Å². The zero-order valence-corrected chi connectivity index (χ0v) is 17.2. The van der Waals surface area contributed by atoms with Crippen molar-refractivity contribution in [2.75, 3.05) is 19.0 Å². The highest BCUT2D eigenvalue weighted by atomic mass is 19.4. The molecule has 0 bridgehead atoms. The Kier molecular flexibility index (Phi) is 9.60. The molecule has 164 valence electrons. The van der Waals surface area contributed by atoms with Gasteiger partial charge in [-0.25, -0.2) is 0 Å². The highest BCUT2D eigenvalue weighted by Gasteiger charge is 2.28. The Labute approximate surface area is 173 Å². The number of ketones is 1. The summed E-state index contributed by atoms with van der Waals surface area (Å²) >= 11 is 0. The van der Waals surface area contributed by atoms with E-state index in [-0.39, 0.29) is 23.1 Å². The van der Waals surface area contributed by atoms with E-state index in [9.17, 15) is 18.0 Å². The predicted octanol–water partition coefficient (Wildman–Crippen LogP) is 4.03. The van der Waals surface area contributed by atoms with Crippen molar-refractivity contribution in [3.63, 3.8) is 0 Å². The Balaban J connectivity index is 3.02. The van der Waals surface area contributed by atoms with Gasteiger partial charge in [-0.2, -0.15) is 18.2 Å². The molecule has 0 fully saturated rings. The first-order valence-corrected chi connectivity index (χ1v) is 8.96. The Hall–Kier alpha value is -3.30. The van der Waals surface area contributed by atoms with Crippen LogP contribution in [0.25, 0.3) is 0 Å². The van der Waals surface area contributed by atoms with E-state index in [2.05, 4.69) is 20.0 Å². The molecule has 0 aliphatic rings. The summed E-state index contributed by atoms with van der Waals surface area (Å²) in [5.41, 5.74) is 6.34. The number of nitrogens with two attached hydrogens (primary N) is 1. The molecule has 0 aliphatic carbocycles. The van der Waals surface area contributed by atoms with Crippen molar-refractivity contribution >= 4 is 11.6 Å². The van der Waals surface area contributed by atoms with Gasteiger partial charge in [-0.3, -0.25) is 9.78 Å². The van der Waals surface area contributed by atoms with Crippen LogP contribution >= 0.6 is 0 Å². The van der Waals surface area contributed by atoms with Gasteiger partial charge in [0.25, 0.3) is 0 Å². The summed E-state index contributed by atoms with van der Waals surface area (Å²) in [7, 11) is 1.51. The lowest BCUT2D eigenvalue weighted by atomic mass is 10.1. The minimum Gasteiger partial charge on any atom is -0.497 e. The molecule has 10 heteroatoms. The number of hydrogen-bond donors (Lipinski definition) is 2. The molecule has 0 aromatic carbocycles. The third kappa shape index (κ3) is 8.80. The molecule has 3 N–H and O–H groups in total. The minimum atomic E-state index is -4.51. The highest BCUT2D eigenvalue weighted by molar-refractivity contribution is 6.10. The quantitative estimate of drug-likeness (QED) is 0.331. The van der Waals surface area contributed by atoms with Crippen LogP contribution in [0.4, 0.5) is 19.0 Å². The standard InChI is InChI=1S/C20H25F3N4O3/c1-5-6-7-15(29-4)9-8-13(2)19(28)18(14(3)24)27-16-10-25-11-17(26-16)30-12-20(21,22)23/h6-11H,5,12,24H2,1-4H3,(H,26,27)/b7-6+,13-8+,15-9+,18-14+. The van der Waals surface area contributed by atoms with Crippen LogP contribution in [0.1, 0.15) is 27.2 Å². The summed E-state index contributed by atoms with van der Waals surface area (Å²) in [5.74, 6) is -0.201. The van der Waals surface area contributed by atoms with Crippen LogP contribution in [0.5, 0.6) is 5.88 Å². The predicted molar refractivity (Wildman–Crippen MR) is 107 cm³/mol. The van der Waals surface area contributed by atoms with Crippen molar-refractivity contribution in [1.29, 1.82) is 0 Å². The van der Waals surface area contributed by atoms with Crippen LogP contribution in [0, 0.1) is 0 Å². The zero-order chi connectivity index (χ0) is 22.7. The number of alkyl halides is 3. The van der Waals surface area contributed by atoms with Gasteiger partial charge in [-0.15, -0.1) is 0 Å². The van der Waals surface area contributed by atoms with Crippen molar-refractivity contribution in [2.45, 2.75) is 33.4 Å². The number of anilines is 1. The Morgan fingerprint density at radius 1 is 1.27 bits per heavy atom. The lowest BCUT2D eigenvalue weighted by molar-refractivity contribution is -0.154. The molecule has 7 nitrogen and oxygen atoms in total. The summed E-state index contributed by atoms with van der Waals surface area (Å²) in [4.78, 5) is 20.4. The van der Waals surface area contributed by atoms with E-state index >= 15 is 0 Å². The minimum absolute atomic E-state index is 0.00891. The number of aromatic nitrogens is 2. The third-order valence-electron chi connectivity index (χ3n) is 3.48. The van der Waals surface area contributed by atoms with Gasteiger partial charge in [0, 0.05) is 5.70 Å². The topological polar surface area (TPSA) is 99.4 Å². The summed E-state index contributed by atoms with van der Waals surface area (Å²) < 4.78 is 46.6. The van der Waals surface area contributed by atoms with Crippen LogP contribution in [0.2, 0.25) is 0 Å². The number of Topliss-reactive ketones (excluding diaryl/α,β-unsaturated/α-hetero) is 1. The monoisotopic (exact) mass is 426 g/mol. The number of methoxy groups -OCH3 is 1. The van der Waals surface area contributed by atoms with Crippen molar-refractivity contribution in [3.05, 3.63) is 59.4 Å². The summed E-state index contributed by atoms with van der Waals surface area (Å²) in [6.07, 6.45) is 5.47. The first kappa shape index (κ1) is 24.7. The second-order valence-corrected chi connectivity index (χ2v) is 6.09. The molecular formula is C20H25F3N4O3. The van der Waals surface area contributed by atoms with Crippen molar-refractivity contribution in [1.82, 2.24) is 9.97 Å². The number of ether oxygens (including phenoxy) is 2. The molecule has 1 rings (SSSR count). The third-order valence-corrected chi connectivity index (χ3v) is 3.48. The Bertz CT molecular complexity index is 855. The van der Waals surface area contributed by atoms with Gasteiger partial charge in [0.05, 0.1) is 19.5 Å². The SMILES string of the molecule is CC/C=C/C(=C\C=C(/C)C(=O)/C(Nc1cncc(OCC(F)(F)F)n1)=C(/C)N)OC. The highest BCUT2D eigenvalue weighted by Crippen LogP contribution is 2.19. The van der Waals surface area contributed by atoms with E-state index in [1.807, 2.05) is 13.0 Å². The molecule has 1 aromatic rings. The Morgan fingerprint density at radius 3 is 2.53 bits per heavy atom. The lowest BCUT2D eigenvalue weighted by Crippen LogP contribution is -2.20. The van der Waals surface area contributed by atoms with Crippen molar-refractivity contribution < 1.29 is 27.4 Å². The molecule has 0 amide bonds. The number of nitrogens with one attached hydrogen (secondary N) is 1. The number of allylic oxidation sites excluding steroid dienone is 6. The van der Waals surface area contributed by atoms with E-state index in [0.29, 0.717) is 11.3 Å². The molecule has 0 saturated carbocycles. The molecular weight excluding hydrogens is 401 g/mol. The number of carbonyl (C=O) groups excluding carboxylic acids is 1. The molecule has 0 aliphatic heterocycles. The fourth-order valence-corrected chi connectivity index (χ4v) is 2.00. The van der Waals surface area contributed by atoms with Crippen molar-refractivity contribution in [3.8, 4) is 5.88 Å². The van der Waals surface area contributed by atoms with E-state index in [1.54, 1.807) is 25.2 Å². The maximum absolute atomic E-state index is 12.8. The average Bonchev–Trinajstić information content (AvgIpc) is 2.69. The largest absolute Gasteiger partial charge is 0.497 e. The molecule has 0 saturated heterocycles. The smallest absolute Gasteiger partial charge is 0.422 e. The number of hydrogen-bond acceptors (Lipinski definition) is 7. The summed E-state index contributed by atoms with van der Waals surface area (Å²) in [5, 5.41) is 2.70. The molecule has 1 heterocycles.